The third kappa shape index (κ3) is 7.30. The number of halogens is 5. The molecule has 0 radical (unpaired) electrons. The average Bonchev–Trinajstić information content (AvgIpc) is 1.58. The van der Waals surface area contributed by atoms with Crippen LogP contribution in [-0.4, -0.2) is 10.2 Å². The van der Waals surface area contributed by atoms with Crippen molar-refractivity contribution in [2.24, 2.45) is 0 Å². The molecule has 5 heteroatoms. The van der Waals surface area contributed by atoms with Crippen molar-refractivity contribution >= 4 is 58.0 Å². The molecule has 0 nitrogen and oxygen atoms in total. The maximum atomic E-state index is 5.66. The topological polar surface area (TPSA) is 0 Å². The van der Waals surface area contributed by atoms with Crippen LogP contribution in [-0.2, 0) is 0 Å². The molecule has 0 saturated heterocycles. The van der Waals surface area contributed by atoms with Crippen LogP contribution >= 0.6 is 58.0 Å². The Labute approximate surface area is 85.0 Å². The van der Waals surface area contributed by atoms with Gasteiger partial charge in [0.1, 0.15) is 9.33 Å². The summed E-state index contributed by atoms with van der Waals surface area (Å²) in [6.07, 6.45) is 1.91. The van der Waals surface area contributed by atoms with Gasteiger partial charge in [-0.2, -0.15) is 0 Å². The van der Waals surface area contributed by atoms with Gasteiger partial charge in [0.05, 0.1) is 5.38 Å². The van der Waals surface area contributed by atoms with Gasteiger partial charge in [0.15, 0.2) is 0 Å². The smallest absolute Gasteiger partial charge is 0.109 e. The Hall–Kier alpha value is 1.19. The minimum Gasteiger partial charge on any atom is -0.118 e. The number of allylic oxidation sites excluding steroid dienone is 1. The fourth-order valence-electron chi connectivity index (χ4n) is 0.375. The first-order valence-corrected chi connectivity index (χ1v) is 4.54. The minimum absolute atomic E-state index is 0.133. The van der Waals surface area contributed by atoms with Crippen molar-refractivity contribution in [3.8, 4) is 0 Å². The predicted molar refractivity (Wildman–Crippen MR) is 49.5 cm³/mol. The Balaban J connectivity index is 3.64. The normalized spacial score (nSPS) is 13.4. The number of hydrogen-bond acceptors (Lipinski definition) is 0. The van der Waals surface area contributed by atoms with Gasteiger partial charge in [-0.15, -0.1) is 34.8 Å². The first-order chi connectivity index (χ1) is 4.52. The monoisotopic (exact) mass is 240 g/mol. The lowest BCUT2D eigenvalue weighted by Gasteiger charge is -2.02. The molecule has 60 valence electrons. The number of alkyl halides is 3. The third-order valence-electron chi connectivity index (χ3n) is 0.710. The highest BCUT2D eigenvalue weighted by atomic mass is 35.5. The Morgan fingerprint density at radius 3 is 2.00 bits per heavy atom. The molecule has 0 aliphatic heterocycles. The lowest BCUT2D eigenvalue weighted by Crippen LogP contribution is -1.99. The highest BCUT2D eigenvalue weighted by molar-refractivity contribution is 6.56. The molecule has 0 aliphatic carbocycles. The fourth-order valence-corrected chi connectivity index (χ4v) is 1.68. The molecule has 0 saturated carbocycles. The molecule has 0 aromatic rings. The second kappa shape index (κ2) is 5.79. The van der Waals surface area contributed by atoms with Crippen LogP contribution in [0.2, 0.25) is 0 Å². The summed E-state index contributed by atoms with van der Waals surface area (Å²) >= 11 is 27.1. The second-order valence-corrected chi connectivity index (χ2v) is 4.44. The summed E-state index contributed by atoms with van der Waals surface area (Å²) < 4.78 is 0.133. The van der Waals surface area contributed by atoms with Gasteiger partial charge in [-0.1, -0.05) is 23.2 Å². The molecule has 0 bridgehead atoms. The van der Waals surface area contributed by atoms with Crippen LogP contribution in [0.25, 0.3) is 0 Å². The van der Waals surface area contributed by atoms with Crippen molar-refractivity contribution < 1.29 is 0 Å². The van der Waals surface area contributed by atoms with Crippen LogP contribution in [0.15, 0.2) is 10.6 Å². The molecule has 0 spiro atoms. The standard InChI is InChI=1S/C5H5Cl5/c6-3(1-4(7)8)2-5(9)10/h1,3,5H,2H2. The molecule has 1 atom stereocenters. The van der Waals surface area contributed by atoms with E-state index in [1.165, 1.54) is 6.08 Å². The van der Waals surface area contributed by atoms with Crippen LogP contribution in [0.5, 0.6) is 0 Å². The number of rotatable bonds is 3. The van der Waals surface area contributed by atoms with Gasteiger partial charge in [-0.25, -0.2) is 0 Å². The molecule has 0 aromatic carbocycles. The summed E-state index contributed by atoms with van der Waals surface area (Å²) in [6.45, 7) is 0. The predicted octanol–water partition coefficient (Wildman–Crippen LogP) is 4.11. The Bertz CT molecular complexity index is 115. The van der Waals surface area contributed by atoms with E-state index in [4.69, 9.17) is 58.0 Å². The van der Waals surface area contributed by atoms with E-state index in [9.17, 15) is 0 Å². The van der Waals surface area contributed by atoms with E-state index in [2.05, 4.69) is 0 Å². The van der Waals surface area contributed by atoms with Gasteiger partial charge in [0, 0.05) is 0 Å². The van der Waals surface area contributed by atoms with Gasteiger partial charge in [-0.05, 0) is 12.5 Å². The van der Waals surface area contributed by atoms with E-state index in [-0.39, 0.29) is 9.87 Å². The van der Waals surface area contributed by atoms with Crippen LogP contribution in [0.1, 0.15) is 6.42 Å². The quantitative estimate of drug-likeness (QED) is 0.653. The first-order valence-electron chi connectivity index (χ1n) is 2.47. The summed E-state index contributed by atoms with van der Waals surface area (Å²) in [5, 5.41) is -0.301. The summed E-state index contributed by atoms with van der Waals surface area (Å²) in [6, 6.07) is 0. The van der Waals surface area contributed by atoms with Crippen molar-refractivity contribution in [3.05, 3.63) is 10.6 Å². The molecule has 0 aromatic heterocycles. The van der Waals surface area contributed by atoms with E-state index in [0.717, 1.165) is 0 Å². The third-order valence-corrected chi connectivity index (χ3v) is 1.62. The maximum absolute atomic E-state index is 5.66. The van der Waals surface area contributed by atoms with Gasteiger partial charge < -0.3 is 0 Å². The van der Waals surface area contributed by atoms with E-state index in [1.807, 2.05) is 0 Å². The maximum Gasteiger partial charge on any atom is 0.109 e. The van der Waals surface area contributed by atoms with Crippen molar-refractivity contribution in [2.75, 3.05) is 0 Å². The molecule has 10 heavy (non-hydrogen) atoms. The average molecular weight is 242 g/mol. The SMILES string of the molecule is ClC(Cl)=CC(Cl)CC(Cl)Cl. The molecule has 0 N–H and O–H groups in total. The number of hydrogen-bond donors (Lipinski definition) is 0. The van der Waals surface area contributed by atoms with Crippen molar-refractivity contribution in [3.63, 3.8) is 0 Å². The zero-order valence-electron chi connectivity index (χ0n) is 4.83. The van der Waals surface area contributed by atoms with Crippen LogP contribution in [0, 0.1) is 0 Å². The van der Waals surface area contributed by atoms with Crippen molar-refractivity contribution in [2.45, 2.75) is 16.6 Å². The lowest BCUT2D eigenvalue weighted by atomic mass is 10.3. The van der Waals surface area contributed by atoms with Gasteiger partial charge >= 0.3 is 0 Å². The summed E-state index contributed by atoms with van der Waals surface area (Å²) in [7, 11) is 0. The molecular formula is C5H5Cl5. The summed E-state index contributed by atoms with van der Waals surface area (Å²) in [4.78, 5) is -0.480. The second-order valence-electron chi connectivity index (χ2n) is 1.60. The van der Waals surface area contributed by atoms with E-state index in [1.54, 1.807) is 0 Å². The Morgan fingerprint density at radius 2 is 1.70 bits per heavy atom. The molecule has 1 unspecified atom stereocenters. The highest BCUT2D eigenvalue weighted by Gasteiger charge is 2.06. The Kier molecular flexibility index (Phi) is 6.48. The minimum atomic E-state index is -0.480. The van der Waals surface area contributed by atoms with Gasteiger partial charge in [-0.3, -0.25) is 0 Å². The van der Waals surface area contributed by atoms with E-state index in [0.29, 0.717) is 6.42 Å². The summed E-state index contributed by atoms with van der Waals surface area (Å²) in [5.74, 6) is 0. The molecule has 0 rings (SSSR count). The molecule has 0 fully saturated rings. The van der Waals surface area contributed by atoms with Gasteiger partial charge in [0.25, 0.3) is 0 Å². The lowest BCUT2D eigenvalue weighted by molar-refractivity contribution is 0.932. The van der Waals surface area contributed by atoms with Crippen molar-refractivity contribution in [1.29, 1.82) is 0 Å². The van der Waals surface area contributed by atoms with Crippen LogP contribution in [0.4, 0.5) is 0 Å². The molecule has 0 amide bonds. The van der Waals surface area contributed by atoms with Crippen LogP contribution in [0.3, 0.4) is 0 Å². The van der Waals surface area contributed by atoms with Gasteiger partial charge in [0.2, 0.25) is 0 Å². The first kappa shape index (κ1) is 11.2. The van der Waals surface area contributed by atoms with E-state index < -0.39 is 4.84 Å². The molecular weight excluding hydrogens is 237 g/mol. The van der Waals surface area contributed by atoms with E-state index >= 15 is 0 Å². The summed E-state index contributed by atoms with van der Waals surface area (Å²) in [5.41, 5.74) is 0. The zero-order chi connectivity index (χ0) is 8.15. The molecule has 0 aliphatic rings. The fraction of sp³-hybridized carbons (Fsp3) is 0.600. The Morgan fingerprint density at radius 1 is 1.20 bits per heavy atom. The van der Waals surface area contributed by atoms with Crippen LogP contribution < -0.4 is 0 Å². The highest BCUT2D eigenvalue weighted by Crippen LogP contribution is 2.18. The zero-order valence-corrected chi connectivity index (χ0v) is 8.61. The largest absolute Gasteiger partial charge is 0.118 e. The molecule has 0 heterocycles. The van der Waals surface area contributed by atoms with Crippen molar-refractivity contribution in [1.82, 2.24) is 0 Å².